The molecule has 0 aromatic carbocycles. The Morgan fingerprint density at radius 3 is 2.64 bits per heavy atom. The molecule has 62 valence electrons. The van der Waals surface area contributed by atoms with Crippen LogP contribution in [-0.4, -0.2) is 22.2 Å². The summed E-state index contributed by atoms with van der Waals surface area (Å²) in [6, 6.07) is 0. The summed E-state index contributed by atoms with van der Waals surface area (Å²) in [5.41, 5.74) is 0. The van der Waals surface area contributed by atoms with Gasteiger partial charge in [0.1, 0.15) is 5.92 Å². The second kappa shape index (κ2) is 3.22. The highest BCUT2D eigenvalue weighted by atomic mass is 35.5. The molecular weight excluding hydrogens is 168 g/mol. The molecular formula is C7H9ClO3. The number of hydrogen-bond acceptors (Lipinski definition) is 2. The summed E-state index contributed by atoms with van der Waals surface area (Å²) in [7, 11) is 0. The minimum Gasteiger partial charge on any atom is -0.481 e. The van der Waals surface area contributed by atoms with Crippen LogP contribution in [0, 0.1) is 5.92 Å². The van der Waals surface area contributed by atoms with Gasteiger partial charge in [-0.2, -0.15) is 0 Å². The van der Waals surface area contributed by atoms with Gasteiger partial charge in [0.05, 0.1) is 5.38 Å². The number of carbonyl (C=O) groups excluding carboxylic acids is 1. The summed E-state index contributed by atoms with van der Waals surface area (Å²) in [4.78, 5) is 21.5. The summed E-state index contributed by atoms with van der Waals surface area (Å²) in [6.07, 6.45) is 1.79. The third-order valence-electron chi connectivity index (χ3n) is 1.90. The number of carbonyl (C=O) groups is 2. The summed E-state index contributed by atoms with van der Waals surface area (Å²) in [6.45, 7) is 0. The van der Waals surface area contributed by atoms with Crippen LogP contribution in [0.3, 0.4) is 0 Å². The van der Waals surface area contributed by atoms with Gasteiger partial charge in [0.25, 0.3) is 0 Å². The highest BCUT2D eigenvalue weighted by Crippen LogP contribution is 2.24. The van der Waals surface area contributed by atoms with E-state index in [2.05, 4.69) is 0 Å². The Balaban J connectivity index is 2.66. The number of carboxylic acids is 1. The Morgan fingerprint density at radius 2 is 2.18 bits per heavy atom. The van der Waals surface area contributed by atoms with Gasteiger partial charge in [-0.25, -0.2) is 0 Å². The third-order valence-corrected chi connectivity index (χ3v) is 2.33. The zero-order valence-electron chi connectivity index (χ0n) is 5.92. The predicted octanol–water partition coefficient (Wildman–Crippen LogP) is 1.05. The molecule has 0 bridgehead atoms. The first-order valence-electron chi connectivity index (χ1n) is 3.53. The van der Waals surface area contributed by atoms with E-state index in [0.29, 0.717) is 12.8 Å². The Bertz CT molecular complexity index is 190. The van der Waals surface area contributed by atoms with Crippen molar-refractivity contribution in [1.29, 1.82) is 0 Å². The zero-order valence-corrected chi connectivity index (χ0v) is 6.67. The van der Waals surface area contributed by atoms with Crippen molar-refractivity contribution in [3.8, 4) is 0 Å². The third kappa shape index (κ3) is 1.71. The second-order valence-corrected chi connectivity index (χ2v) is 3.22. The van der Waals surface area contributed by atoms with Crippen molar-refractivity contribution in [1.82, 2.24) is 0 Å². The molecule has 1 saturated carbocycles. The van der Waals surface area contributed by atoms with Crippen LogP contribution in [-0.2, 0) is 9.59 Å². The Hall–Kier alpha value is -0.570. The Kier molecular flexibility index (Phi) is 2.49. The average Bonchev–Trinajstić information content (AvgIpc) is 1.94. The lowest BCUT2D eigenvalue weighted by Gasteiger charge is -2.20. The van der Waals surface area contributed by atoms with E-state index in [9.17, 15) is 9.59 Å². The number of Topliss-reactive ketones (excluding diaryl/α,β-unsaturated/α-hetero) is 1. The largest absolute Gasteiger partial charge is 0.481 e. The normalized spacial score (nSPS) is 31.9. The Labute approximate surface area is 69.3 Å². The molecule has 2 atom stereocenters. The van der Waals surface area contributed by atoms with Crippen molar-refractivity contribution in [3.63, 3.8) is 0 Å². The lowest BCUT2D eigenvalue weighted by Crippen LogP contribution is -2.34. The average molecular weight is 177 g/mol. The van der Waals surface area contributed by atoms with Crippen LogP contribution in [0.4, 0.5) is 0 Å². The summed E-state index contributed by atoms with van der Waals surface area (Å²) in [5, 5.41) is 7.97. The molecule has 1 N–H and O–H groups in total. The summed E-state index contributed by atoms with van der Waals surface area (Å²) in [5.74, 6) is -2.22. The van der Waals surface area contributed by atoms with Crippen molar-refractivity contribution >= 4 is 23.4 Å². The van der Waals surface area contributed by atoms with Crippen LogP contribution in [0.15, 0.2) is 0 Å². The van der Waals surface area contributed by atoms with E-state index in [1.165, 1.54) is 0 Å². The van der Waals surface area contributed by atoms with E-state index in [4.69, 9.17) is 16.7 Å². The minimum absolute atomic E-state index is 0.328. The van der Waals surface area contributed by atoms with Gasteiger partial charge in [0.2, 0.25) is 0 Å². The molecule has 0 aliphatic heterocycles. The van der Waals surface area contributed by atoms with Crippen LogP contribution in [0.1, 0.15) is 19.3 Å². The summed E-state index contributed by atoms with van der Waals surface area (Å²) >= 11 is 5.59. The number of hydrogen-bond donors (Lipinski definition) is 1. The minimum atomic E-state index is -1.04. The van der Waals surface area contributed by atoms with E-state index in [1.54, 1.807) is 0 Å². The van der Waals surface area contributed by atoms with E-state index >= 15 is 0 Å². The molecule has 4 heteroatoms. The molecule has 0 radical (unpaired) electrons. The number of carboxylic acid groups (broad SMARTS) is 1. The van der Waals surface area contributed by atoms with Gasteiger partial charge in [-0.05, 0) is 12.8 Å². The quantitative estimate of drug-likeness (QED) is 0.480. The maximum absolute atomic E-state index is 11.1. The van der Waals surface area contributed by atoms with Crippen LogP contribution in [0.25, 0.3) is 0 Å². The molecule has 0 saturated heterocycles. The van der Waals surface area contributed by atoms with E-state index in [0.717, 1.165) is 6.42 Å². The molecule has 1 aliphatic rings. The molecule has 0 aromatic rings. The van der Waals surface area contributed by atoms with Gasteiger partial charge in [0, 0.05) is 0 Å². The van der Waals surface area contributed by atoms with Crippen LogP contribution in [0.2, 0.25) is 0 Å². The van der Waals surface area contributed by atoms with E-state index in [-0.39, 0.29) is 5.78 Å². The molecule has 0 heterocycles. The maximum Gasteiger partial charge on any atom is 0.314 e. The smallest absolute Gasteiger partial charge is 0.314 e. The molecule has 0 amide bonds. The van der Waals surface area contributed by atoms with Crippen LogP contribution >= 0.6 is 11.6 Å². The first kappa shape index (κ1) is 8.53. The Morgan fingerprint density at radius 1 is 1.55 bits per heavy atom. The van der Waals surface area contributed by atoms with Crippen molar-refractivity contribution in [2.75, 3.05) is 0 Å². The molecule has 1 aliphatic carbocycles. The molecule has 0 spiro atoms. The number of rotatable bonds is 1. The summed E-state index contributed by atoms with van der Waals surface area (Å²) < 4.78 is 0. The van der Waals surface area contributed by atoms with Gasteiger partial charge >= 0.3 is 5.97 Å². The molecule has 3 nitrogen and oxygen atoms in total. The molecule has 0 aromatic heterocycles. The lowest BCUT2D eigenvalue weighted by atomic mass is 9.88. The molecule has 11 heavy (non-hydrogen) atoms. The highest BCUT2D eigenvalue weighted by Gasteiger charge is 2.34. The van der Waals surface area contributed by atoms with Crippen molar-refractivity contribution in [3.05, 3.63) is 0 Å². The fourth-order valence-electron chi connectivity index (χ4n) is 1.25. The monoisotopic (exact) mass is 176 g/mol. The fourth-order valence-corrected chi connectivity index (χ4v) is 1.56. The van der Waals surface area contributed by atoms with Crippen molar-refractivity contribution in [2.45, 2.75) is 24.6 Å². The standard InChI is InChI=1S/C7H9ClO3/c8-5-3-1-2-4(6(5)9)7(10)11/h4-5H,1-3H2,(H,10,11). The maximum atomic E-state index is 11.1. The number of alkyl halides is 1. The van der Waals surface area contributed by atoms with E-state index in [1.807, 2.05) is 0 Å². The number of halogens is 1. The van der Waals surface area contributed by atoms with Crippen LogP contribution in [0.5, 0.6) is 0 Å². The first-order valence-corrected chi connectivity index (χ1v) is 3.97. The highest BCUT2D eigenvalue weighted by molar-refractivity contribution is 6.33. The molecule has 1 rings (SSSR count). The van der Waals surface area contributed by atoms with Crippen molar-refractivity contribution in [2.24, 2.45) is 5.92 Å². The zero-order chi connectivity index (χ0) is 8.43. The van der Waals surface area contributed by atoms with Crippen LogP contribution < -0.4 is 0 Å². The number of aliphatic carboxylic acids is 1. The molecule has 1 fully saturated rings. The molecule has 2 unspecified atom stereocenters. The van der Waals surface area contributed by atoms with Gasteiger partial charge in [-0.1, -0.05) is 6.42 Å². The van der Waals surface area contributed by atoms with Gasteiger partial charge in [-0.3, -0.25) is 9.59 Å². The van der Waals surface area contributed by atoms with Gasteiger partial charge < -0.3 is 5.11 Å². The van der Waals surface area contributed by atoms with Gasteiger partial charge in [-0.15, -0.1) is 11.6 Å². The number of ketones is 1. The van der Waals surface area contributed by atoms with E-state index < -0.39 is 17.3 Å². The van der Waals surface area contributed by atoms with Gasteiger partial charge in [0.15, 0.2) is 5.78 Å². The topological polar surface area (TPSA) is 54.4 Å². The first-order chi connectivity index (χ1) is 5.13. The second-order valence-electron chi connectivity index (χ2n) is 2.69. The lowest BCUT2D eigenvalue weighted by molar-refractivity contribution is -0.147. The predicted molar refractivity (Wildman–Crippen MR) is 39.6 cm³/mol. The SMILES string of the molecule is O=C(O)C1CCCC(Cl)C1=O. The van der Waals surface area contributed by atoms with Crippen molar-refractivity contribution < 1.29 is 14.7 Å². The fraction of sp³-hybridized carbons (Fsp3) is 0.714.